The lowest BCUT2D eigenvalue weighted by molar-refractivity contribution is 0.415. The Morgan fingerprint density at radius 1 is 1.05 bits per heavy atom. The Bertz CT molecular complexity index is 833. The Balaban J connectivity index is 2.28. The first kappa shape index (κ1) is 12.3. The van der Waals surface area contributed by atoms with Crippen molar-refractivity contribution in [3.8, 4) is 22.6 Å². The van der Waals surface area contributed by atoms with Crippen LogP contribution in [0.15, 0.2) is 57.7 Å². The number of methoxy groups -OCH3 is 1. The molecule has 0 amide bonds. The number of hydrogen-bond donors (Lipinski definition) is 1. The van der Waals surface area contributed by atoms with Crippen molar-refractivity contribution in [2.75, 3.05) is 7.11 Å². The third-order valence-corrected chi connectivity index (χ3v) is 3.13. The van der Waals surface area contributed by atoms with E-state index in [9.17, 15) is 9.90 Å². The smallest absolute Gasteiger partial charge is 0.344 e. The molecule has 1 N–H and O–H groups in total. The van der Waals surface area contributed by atoms with Crippen molar-refractivity contribution in [3.63, 3.8) is 0 Å². The number of hydrogen-bond acceptors (Lipinski definition) is 4. The molecule has 0 spiro atoms. The third-order valence-electron chi connectivity index (χ3n) is 3.13. The molecular weight excluding hydrogens is 256 g/mol. The predicted molar refractivity (Wildman–Crippen MR) is 76.1 cm³/mol. The van der Waals surface area contributed by atoms with Crippen molar-refractivity contribution >= 4 is 11.0 Å². The summed E-state index contributed by atoms with van der Waals surface area (Å²) >= 11 is 0. The first-order valence-corrected chi connectivity index (χ1v) is 6.09. The zero-order chi connectivity index (χ0) is 14.1. The molecule has 0 aliphatic heterocycles. The van der Waals surface area contributed by atoms with Crippen LogP contribution in [0, 0.1) is 0 Å². The first-order chi connectivity index (χ1) is 9.69. The van der Waals surface area contributed by atoms with Crippen molar-refractivity contribution in [2.24, 2.45) is 0 Å². The van der Waals surface area contributed by atoms with Crippen molar-refractivity contribution < 1.29 is 14.3 Å². The van der Waals surface area contributed by atoms with E-state index in [2.05, 4.69) is 0 Å². The number of fused-ring (bicyclic) bond motifs is 1. The fourth-order valence-electron chi connectivity index (χ4n) is 2.12. The largest absolute Gasteiger partial charge is 0.507 e. The van der Waals surface area contributed by atoms with Gasteiger partial charge in [0.1, 0.15) is 17.1 Å². The molecule has 0 saturated heterocycles. The lowest BCUT2D eigenvalue weighted by Crippen LogP contribution is -2.02. The standard InChI is InChI=1S/C16H12O4/c1-19-11-6-7-15-10(8-11)9-13(16(18)20-15)12-4-2-3-5-14(12)17/h2-9,17H,1H3. The third kappa shape index (κ3) is 2.01. The van der Waals surface area contributed by atoms with Gasteiger partial charge in [-0.05, 0) is 30.3 Å². The molecule has 0 unspecified atom stereocenters. The highest BCUT2D eigenvalue weighted by Crippen LogP contribution is 2.29. The van der Waals surface area contributed by atoms with Crippen LogP contribution >= 0.6 is 0 Å². The molecule has 1 aromatic heterocycles. The molecule has 3 aromatic rings. The van der Waals surface area contributed by atoms with Crippen LogP contribution in [0.3, 0.4) is 0 Å². The molecule has 0 aliphatic rings. The predicted octanol–water partition coefficient (Wildman–Crippen LogP) is 3.17. The minimum absolute atomic E-state index is 0.0436. The van der Waals surface area contributed by atoms with Crippen LogP contribution in [0.2, 0.25) is 0 Å². The Labute approximate surface area is 114 Å². The fraction of sp³-hybridized carbons (Fsp3) is 0.0625. The van der Waals surface area contributed by atoms with Gasteiger partial charge in [-0.3, -0.25) is 0 Å². The molecule has 4 heteroatoms. The van der Waals surface area contributed by atoms with Gasteiger partial charge in [-0.2, -0.15) is 0 Å². The summed E-state index contributed by atoms with van der Waals surface area (Å²) in [5.74, 6) is 0.719. The van der Waals surface area contributed by atoms with Crippen molar-refractivity contribution in [2.45, 2.75) is 0 Å². The number of aromatic hydroxyl groups is 1. The molecule has 100 valence electrons. The highest BCUT2D eigenvalue weighted by molar-refractivity contribution is 5.84. The van der Waals surface area contributed by atoms with Crippen LogP contribution in [0.25, 0.3) is 22.1 Å². The summed E-state index contributed by atoms with van der Waals surface area (Å²) in [6.07, 6.45) is 0. The van der Waals surface area contributed by atoms with Gasteiger partial charge in [0.05, 0.1) is 12.7 Å². The fourth-order valence-corrected chi connectivity index (χ4v) is 2.12. The first-order valence-electron chi connectivity index (χ1n) is 6.09. The zero-order valence-corrected chi connectivity index (χ0v) is 10.8. The van der Waals surface area contributed by atoms with Crippen LogP contribution in [-0.2, 0) is 0 Å². The van der Waals surface area contributed by atoms with Crippen molar-refractivity contribution in [3.05, 3.63) is 59.0 Å². The van der Waals surface area contributed by atoms with E-state index in [4.69, 9.17) is 9.15 Å². The topological polar surface area (TPSA) is 59.7 Å². The monoisotopic (exact) mass is 268 g/mol. The number of rotatable bonds is 2. The minimum Gasteiger partial charge on any atom is -0.507 e. The minimum atomic E-state index is -0.482. The number of benzene rings is 2. The lowest BCUT2D eigenvalue weighted by Gasteiger charge is -2.05. The highest BCUT2D eigenvalue weighted by Gasteiger charge is 2.11. The Morgan fingerprint density at radius 3 is 2.60 bits per heavy atom. The van der Waals surface area contributed by atoms with E-state index in [-0.39, 0.29) is 5.75 Å². The Morgan fingerprint density at radius 2 is 1.85 bits per heavy atom. The van der Waals surface area contributed by atoms with Crippen LogP contribution < -0.4 is 10.4 Å². The van der Waals surface area contributed by atoms with Gasteiger partial charge < -0.3 is 14.3 Å². The van der Waals surface area contributed by atoms with Gasteiger partial charge in [-0.1, -0.05) is 18.2 Å². The second kappa shape index (κ2) is 4.74. The van der Waals surface area contributed by atoms with E-state index < -0.39 is 5.63 Å². The second-order valence-electron chi connectivity index (χ2n) is 4.37. The average Bonchev–Trinajstić information content (AvgIpc) is 2.47. The molecule has 0 saturated carbocycles. The van der Waals surface area contributed by atoms with Crippen LogP contribution in [-0.4, -0.2) is 12.2 Å². The zero-order valence-electron chi connectivity index (χ0n) is 10.8. The molecule has 3 rings (SSSR count). The van der Waals surface area contributed by atoms with Crippen LogP contribution in [0.4, 0.5) is 0 Å². The lowest BCUT2D eigenvalue weighted by atomic mass is 10.1. The van der Waals surface area contributed by atoms with Gasteiger partial charge in [-0.25, -0.2) is 4.79 Å². The molecule has 2 aromatic carbocycles. The van der Waals surface area contributed by atoms with Crippen LogP contribution in [0.5, 0.6) is 11.5 Å². The number of phenolic OH excluding ortho intramolecular Hbond substituents is 1. The van der Waals surface area contributed by atoms with Crippen molar-refractivity contribution in [1.82, 2.24) is 0 Å². The summed E-state index contributed by atoms with van der Waals surface area (Å²) in [7, 11) is 1.57. The van der Waals surface area contributed by atoms with E-state index in [1.165, 1.54) is 6.07 Å². The normalized spacial score (nSPS) is 10.7. The molecule has 4 nitrogen and oxygen atoms in total. The molecule has 0 radical (unpaired) electrons. The summed E-state index contributed by atoms with van der Waals surface area (Å²) in [5.41, 5.74) is 0.772. The molecular formula is C16H12O4. The van der Waals surface area contributed by atoms with Crippen LogP contribution in [0.1, 0.15) is 0 Å². The SMILES string of the molecule is COc1ccc2oc(=O)c(-c3ccccc3O)cc2c1. The van der Waals surface area contributed by atoms with Gasteiger partial charge in [0.2, 0.25) is 0 Å². The summed E-state index contributed by atoms with van der Waals surface area (Å²) in [6.45, 7) is 0. The Kier molecular flexibility index (Phi) is 2.91. The van der Waals surface area contributed by atoms with Crippen molar-refractivity contribution in [1.29, 1.82) is 0 Å². The number of phenols is 1. The van der Waals surface area contributed by atoms with E-state index in [1.807, 2.05) is 0 Å². The van der Waals surface area contributed by atoms with Gasteiger partial charge in [-0.15, -0.1) is 0 Å². The van der Waals surface area contributed by atoms with Gasteiger partial charge in [0, 0.05) is 10.9 Å². The number of ether oxygens (including phenoxy) is 1. The summed E-state index contributed by atoms with van der Waals surface area (Å²) in [5, 5.41) is 10.6. The van der Waals surface area contributed by atoms with E-state index in [0.29, 0.717) is 22.5 Å². The average molecular weight is 268 g/mol. The maximum absolute atomic E-state index is 12.0. The van der Waals surface area contributed by atoms with E-state index in [1.54, 1.807) is 49.6 Å². The van der Waals surface area contributed by atoms with E-state index in [0.717, 1.165) is 5.39 Å². The molecule has 0 atom stereocenters. The van der Waals surface area contributed by atoms with E-state index >= 15 is 0 Å². The summed E-state index contributed by atoms with van der Waals surface area (Å²) in [6, 6.07) is 13.5. The van der Waals surface area contributed by atoms with Gasteiger partial charge in [0.15, 0.2) is 0 Å². The number of para-hydroxylation sites is 1. The van der Waals surface area contributed by atoms with Gasteiger partial charge in [0.25, 0.3) is 0 Å². The summed E-state index contributed by atoms with van der Waals surface area (Å²) in [4.78, 5) is 12.0. The summed E-state index contributed by atoms with van der Waals surface area (Å²) < 4.78 is 10.4. The quantitative estimate of drug-likeness (QED) is 0.725. The highest BCUT2D eigenvalue weighted by atomic mass is 16.5. The molecule has 0 aliphatic carbocycles. The molecule has 0 fully saturated rings. The molecule has 0 bridgehead atoms. The second-order valence-corrected chi connectivity index (χ2v) is 4.37. The maximum atomic E-state index is 12.0. The molecule has 1 heterocycles. The molecule has 20 heavy (non-hydrogen) atoms. The Hall–Kier alpha value is -2.75. The van der Waals surface area contributed by atoms with Gasteiger partial charge >= 0.3 is 5.63 Å². The maximum Gasteiger partial charge on any atom is 0.344 e.